The quantitative estimate of drug-likeness (QED) is 0.866. The Hall–Kier alpha value is -1.88. The zero-order valence-electron chi connectivity index (χ0n) is 16.7. The fraction of sp³-hybridized carbons (Fsp3) is 0.636. The molecule has 5 nitrogen and oxygen atoms in total. The largest absolute Gasteiger partial charge is 0.359 e. The Morgan fingerprint density at radius 3 is 2.48 bits per heavy atom. The lowest BCUT2D eigenvalue weighted by atomic mass is 9.68. The number of nitrogens with zero attached hydrogens (tertiary/aromatic N) is 2. The van der Waals surface area contributed by atoms with Crippen molar-refractivity contribution in [2.24, 2.45) is 5.41 Å². The van der Waals surface area contributed by atoms with Crippen LogP contribution < -0.4 is 5.32 Å². The number of likely N-dealkylation sites (N-methyl/N-ethyl adjacent to an activating group) is 1. The van der Waals surface area contributed by atoms with Crippen molar-refractivity contribution in [3.05, 3.63) is 35.9 Å². The van der Waals surface area contributed by atoms with Crippen molar-refractivity contribution in [1.29, 1.82) is 0 Å². The lowest BCUT2D eigenvalue weighted by molar-refractivity contribution is -0.136. The summed E-state index contributed by atoms with van der Waals surface area (Å²) >= 11 is 0. The van der Waals surface area contributed by atoms with Crippen molar-refractivity contribution in [3.8, 4) is 0 Å². The standard InChI is InChI=1S/C22H33N3O2/c1-3-24-16-19(18-7-5-4-6-8-18)15-22(17-24)11-13-25(14-12-22)21(27)10-9-20(26)23-2/h4-8,19H,3,9-17H2,1-2H3,(H,23,26)/t19-/m0/s1. The molecule has 0 bridgehead atoms. The normalized spacial score (nSPS) is 22.6. The van der Waals surface area contributed by atoms with Crippen LogP contribution in [0.15, 0.2) is 30.3 Å². The van der Waals surface area contributed by atoms with Gasteiger partial charge in [-0.05, 0) is 42.7 Å². The smallest absolute Gasteiger partial charge is 0.223 e. The number of amides is 2. The molecule has 0 unspecified atom stereocenters. The van der Waals surface area contributed by atoms with E-state index in [4.69, 9.17) is 0 Å². The lowest BCUT2D eigenvalue weighted by Gasteiger charge is -2.50. The highest BCUT2D eigenvalue weighted by Gasteiger charge is 2.42. The van der Waals surface area contributed by atoms with E-state index in [1.54, 1.807) is 7.05 Å². The Kier molecular flexibility index (Phi) is 6.53. The van der Waals surface area contributed by atoms with E-state index in [0.717, 1.165) is 45.6 Å². The third kappa shape index (κ3) is 4.89. The monoisotopic (exact) mass is 371 g/mol. The van der Waals surface area contributed by atoms with Crippen LogP contribution in [0.1, 0.15) is 50.5 Å². The summed E-state index contributed by atoms with van der Waals surface area (Å²) in [5, 5.41) is 2.59. The molecule has 148 valence electrons. The Labute approximate surface area is 163 Å². The highest BCUT2D eigenvalue weighted by atomic mass is 16.2. The van der Waals surface area contributed by atoms with Crippen molar-refractivity contribution in [2.75, 3.05) is 39.8 Å². The van der Waals surface area contributed by atoms with E-state index in [9.17, 15) is 9.59 Å². The summed E-state index contributed by atoms with van der Waals surface area (Å²) in [7, 11) is 1.61. The molecular weight excluding hydrogens is 338 g/mol. The molecule has 27 heavy (non-hydrogen) atoms. The van der Waals surface area contributed by atoms with Gasteiger partial charge in [-0.15, -0.1) is 0 Å². The highest BCUT2D eigenvalue weighted by Crippen LogP contribution is 2.45. The molecule has 0 radical (unpaired) electrons. The van der Waals surface area contributed by atoms with Crippen LogP contribution in [0.5, 0.6) is 0 Å². The van der Waals surface area contributed by atoms with Gasteiger partial charge < -0.3 is 15.1 Å². The second kappa shape index (κ2) is 8.87. The Morgan fingerprint density at radius 2 is 1.85 bits per heavy atom. The van der Waals surface area contributed by atoms with Gasteiger partial charge in [-0.1, -0.05) is 37.3 Å². The fourth-order valence-corrected chi connectivity index (χ4v) is 4.79. The molecule has 1 aromatic carbocycles. The summed E-state index contributed by atoms with van der Waals surface area (Å²) in [4.78, 5) is 28.4. The maximum Gasteiger partial charge on any atom is 0.223 e. The van der Waals surface area contributed by atoms with E-state index in [0.29, 0.717) is 17.8 Å². The molecule has 5 heteroatoms. The van der Waals surface area contributed by atoms with Crippen LogP contribution in [-0.2, 0) is 9.59 Å². The molecule has 1 aromatic rings. The molecule has 0 aliphatic carbocycles. The molecule has 1 spiro atoms. The molecule has 1 atom stereocenters. The predicted molar refractivity (Wildman–Crippen MR) is 107 cm³/mol. The van der Waals surface area contributed by atoms with Crippen LogP contribution in [-0.4, -0.2) is 61.4 Å². The van der Waals surface area contributed by atoms with E-state index in [2.05, 4.69) is 47.5 Å². The topological polar surface area (TPSA) is 52.7 Å². The number of rotatable bonds is 5. The maximum atomic E-state index is 12.4. The first-order valence-corrected chi connectivity index (χ1v) is 10.3. The van der Waals surface area contributed by atoms with Crippen molar-refractivity contribution in [1.82, 2.24) is 15.1 Å². The Morgan fingerprint density at radius 1 is 1.15 bits per heavy atom. The van der Waals surface area contributed by atoms with Gasteiger partial charge in [0.25, 0.3) is 0 Å². The molecule has 2 heterocycles. The number of hydrogen-bond donors (Lipinski definition) is 1. The summed E-state index contributed by atoms with van der Waals surface area (Å²) in [5.41, 5.74) is 1.76. The van der Waals surface area contributed by atoms with E-state index >= 15 is 0 Å². The van der Waals surface area contributed by atoms with Crippen LogP contribution in [0, 0.1) is 5.41 Å². The summed E-state index contributed by atoms with van der Waals surface area (Å²) < 4.78 is 0. The molecule has 2 fully saturated rings. The number of carbonyl (C=O) groups is 2. The fourth-order valence-electron chi connectivity index (χ4n) is 4.79. The Bertz CT molecular complexity index is 638. The van der Waals surface area contributed by atoms with Gasteiger partial charge in [-0.3, -0.25) is 9.59 Å². The average Bonchev–Trinajstić information content (AvgIpc) is 2.72. The highest BCUT2D eigenvalue weighted by molar-refractivity contribution is 5.83. The third-order valence-corrected chi connectivity index (χ3v) is 6.46. The van der Waals surface area contributed by atoms with Crippen LogP contribution in [0.3, 0.4) is 0 Å². The number of nitrogens with one attached hydrogen (secondary N) is 1. The minimum absolute atomic E-state index is 0.0617. The van der Waals surface area contributed by atoms with Crippen LogP contribution in [0.2, 0.25) is 0 Å². The first kappa shape index (κ1) is 19.9. The van der Waals surface area contributed by atoms with Gasteiger partial charge >= 0.3 is 0 Å². The van der Waals surface area contributed by atoms with Gasteiger partial charge in [0.2, 0.25) is 11.8 Å². The summed E-state index contributed by atoms with van der Waals surface area (Å²) in [5.74, 6) is 0.639. The zero-order chi connectivity index (χ0) is 19.3. The van der Waals surface area contributed by atoms with Crippen LogP contribution in [0.25, 0.3) is 0 Å². The number of likely N-dealkylation sites (tertiary alicyclic amines) is 2. The van der Waals surface area contributed by atoms with E-state index < -0.39 is 0 Å². The number of carbonyl (C=O) groups excluding carboxylic acids is 2. The third-order valence-electron chi connectivity index (χ3n) is 6.46. The molecule has 0 aromatic heterocycles. The first-order valence-electron chi connectivity index (χ1n) is 10.3. The number of piperidine rings is 2. The van der Waals surface area contributed by atoms with E-state index in [-0.39, 0.29) is 18.2 Å². The lowest BCUT2D eigenvalue weighted by Crippen LogP contribution is -2.52. The molecular formula is C22H33N3O2. The van der Waals surface area contributed by atoms with Crippen LogP contribution >= 0.6 is 0 Å². The summed E-state index contributed by atoms with van der Waals surface area (Å²) in [6, 6.07) is 10.9. The van der Waals surface area contributed by atoms with Gasteiger partial charge in [0.15, 0.2) is 0 Å². The second-order valence-electron chi connectivity index (χ2n) is 8.19. The first-order chi connectivity index (χ1) is 13.0. The van der Waals surface area contributed by atoms with E-state index in [1.807, 2.05) is 4.90 Å². The number of hydrogen-bond acceptors (Lipinski definition) is 3. The summed E-state index contributed by atoms with van der Waals surface area (Å²) in [6.07, 6.45) is 3.96. The Balaban J connectivity index is 1.61. The van der Waals surface area contributed by atoms with Crippen molar-refractivity contribution < 1.29 is 9.59 Å². The van der Waals surface area contributed by atoms with Crippen molar-refractivity contribution >= 4 is 11.8 Å². The van der Waals surface area contributed by atoms with Gasteiger partial charge in [0, 0.05) is 46.1 Å². The SMILES string of the molecule is CCN1C[C@@H](c2ccccc2)CC2(CCN(C(=O)CCC(=O)NC)CC2)C1. The van der Waals surface area contributed by atoms with Gasteiger partial charge in [0.1, 0.15) is 0 Å². The minimum Gasteiger partial charge on any atom is -0.359 e. The van der Waals surface area contributed by atoms with E-state index in [1.165, 1.54) is 12.0 Å². The molecule has 2 saturated heterocycles. The molecule has 2 aliphatic heterocycles. The van der Waals surface area contributed by atoms with Crippen LogP contribution in [0.4, 0.5) is 0 Å². The molecule has 1 N–H and O–H groups in total. The number of benzene rings is 1. The summed E-state index contributed by atoms with van der Waals surface area (Å²) in [6.45, 7) is 7.26. The van der Waals surface area contributed by atoms with Gasteiger partial charge in [0.05, 0.1) is 0 Å². The molecule has 2 amide bonds. The second-order valence-corrected chi connectivity index (χ2v) is 8.19. The molecule has 2 aliphatic rings. The molecule has 3 rings (SSSR count). The average molecular weight is 372 g/mol. The van der Waals surface area contributed by atoms with Crippen molar-refractivity contribution in [2.45, 2.75) is 44.9 Å². The minimum atomic E-state index is -0.0617. The van der Waals surface area contributed by atoms with Gasteiger partial charge in [-0.2, -0.15) is 0 Å². The predicted octanol–water partition coefficient (Wildman–Crippen LogP) is 2.63. The maximum absolute atomic E-state index is 12.4. The molecule has 0 saturated carbocycles. The van der Waals surface area contributed by atoms with Crippen molar-refractivity contribution in [3.63, 3.8) is 0 Å². The van der Waals surface area contributed by atoms with Gasteiger partial charge in [-0.25, -0.2) is 0 Å². The zero-order valence-corrected chi connectivity index (χ0v) is 16.7.